The van der Waals surface area contributed by atoms with E-state index in [1.807, 2.05) is 4.90 Å². The zero-order valence-electron chi connectivity index (χ0n) is 18.3. The third-order valence-electron chi connectivity index (χ3n) is 6.20. The molecule has 1 amide bonds. The smallest absolute Gasteiger partial charge is 0.335 e. The maximum absolute atomic E-state index is 13.9. The van der Waals surface area contributed by atoms with Gasteiger partial charge in [-0.25, -0.2) is 18.6 Å². The van der Waals surface area contributed by atoms with E-state index in [1.54, 1.807) is 12.1 Å². The highest BCUT2D eigenvalue weighted by molar-refractivity contribution is 6.31. The Hall–Kier alpha value is -3.72. The molecule has 1 aliphatic carbocycles. The zero-order valence-corrected chi connectivity index (χ0v) is 19.1. The summed E-state index contributed by atoms with van der Waals surface area (Å²) < 4.78 is 32.6. The van der Waals surface area contributed by atoms with E-state index >= 15 is 0 Å². The number of carboxylic acid groups (broad SMARTS) is 1. The molecule has 5 rings (SSSR count). The van der Waals surface area contributed by atoms with Crippen LogP contribution in [0.5, 0.6) is 5.75 Å². The van der Waals surface area contributed by atoms with E-state index in [0.717, 1.165) is 30.5 Å². The fourth-order valence-corrected chi connectivity index (χ4v) is 4.27. The molecule has 1 saturated carbocycles. The van der Waals surface area contributed by atoms with Crippen LogP contribution >= 0.6 is 11.6 Å². The van der Waals surface area contributed by atoms with E-state index in [4.69, 9.17) is 21.4 Å². The lowest BCUT2D eigenvalue weighted by Gasteiger charge is -2.40. The number of aromatic nitrogens is 1. The summed E-state index contributed by atoms with van der Waals surface area (Å²) in [6.45, 7) is 0.709. The molecule has 1 saturated heterocycles. The maximum atomic E-state index is 13.9. The molecule has 0 bridgehead atoms. The van der Waals surface area contributed by atoms with E-state index in [0.29, 0.717) is 23.9 Å². The van der Waals surface area contributed by atoms with Crippen LogP contribution in [-0.2, 0) is 5.54 Å². The number of carboxylic acids is 1. The summed E-state index contributed by atoms with van der Waals surface area (Å²) in [5.41, 5.74) is 0.713. The van der Waals surface area contributed by atoms with Crippen molar-refractivity contribution in [3.63, 3.8) is 0 Å². The highest BCUT2D eigenvalue weighted by atomic mass is 35.5. The van der Waals surface area contributed by atoms with Gasteiger partial charge in [0.25, 0.3) is 5.91 Å². The topological polar surface area (TPSA) is 91.8 Å². The van der Waals surface area contributed by atoms with Crippen LogP contribution in [0.15, 0.2) is 54.7 Å². The summed E-state index contributed by atoms with van der Waals surface area (Å²) in [5.74, 6) is -2.45. The molecule has 2 fully saturated rings. The number of aromatic carboxylic acids is 1. The van der Waals surface area contributed by atoms with Gasteiger partial charge in [-0.3, -0.25) is 4.79 Å². The second-order valence-corrected chi connectivity index (χ2v) is 9.10. The van der Waals surface area contributed by atoms with Gasteiger partial charge in [0.15, 0.2) is 11.6 Å². The number of hydrogen-bond acceptors (Lipinski definition) is 5. The predicted molar refractivity (Wildman–Crippen MR) is 124 cm³/mol. The lowest BCUT2D eigenvalue weighted by atomic mass is 10.0. The highest BCUT2D eigenvalue weighted by Gasteiger charge is 2.46. The number of carbonyl (C=O) groups excluding carboxylic acids is 1. The third-order valence-corrected chi connectivity index (χ3v) is 6.41. The molecule has 0 atom stereocenters. The Morgan fingerprint density at radius 3 is 2.46 bits per heavy atom. The number of rotatable bonds is 7. The SMILES string of the molecule is O=C(O)c1ccc(C2(NC(=O)c3cc(Cl)cnc3N3CC(Oc4ccc(F)cc4F)C3)CC2)cc1. The molecule has 10 heteroatoms. The van der Waals surface area contributed by atoms with Crippen LogP contribution < -0.4 is 15.0 Å². The van der Waals surface area contributed by atoms with Crippen LogP contribution in [0.1, 0.15) is 39.1 Å². The van der Waals surface area contributed by atoms with Crippen molar-refractivity contribution in [1.82, 2.24) is 10.3 Å². The number of ether oxygens (including phenoxy) is 1. The van der Waals surface area contributed by atoms with Crippen molar-refractivity contribution in [3.05, 3.63) is 88.1 Å². The third kappa shape index (κ3) is 4.64. The average molecular weight is 500 g/mol. The number of anilines is 1. The predicted octanol–water partition coefficient (Wildman–Crippen LogP) is 4.40. The van der Waals surface area contributed by atoms with Crippen molar-refractivity contribution in [3.8, 4) is 5.75 Å². The second-order valence-electron chi connectivity index (χ2n) is 8.66. The maximum Gasteiger partial charge on any atom is 0.335 e. The Morgan fingerprint density at radius 2 is 1.83 bits per heavy atom. The van der Waals surface area contributed by atoms with E-state index < -0.39 is 23.1 Å². The molecule has 1 aliphatic heterocycles. The van der Waals surface area contributed by atoms with Crippen molar-refractivity contribution in [1.29, 1.82) is 0 Å². The Morgan fingerprint density at radius 1 is 1.11 bits per heavy atom. The molecule has 2 aromatic carbocycles. The molecule has 7 nitrogen and oxygen atoms in total. The van der Waals surface area contributed by atoms with Crippen molar-refractivity contribution in [2.75, 3.05) is 18.0 Å². The first-order chi connectivity index (χ1) is 16.7. The van der Waals surface area contributed by atoms with Gasteiger partial charge in [-0.15, -0.1) is 0 Å². The van der Waals surface area contributed by atoms with Crippen LogP contribution in [0.2, 0.25) is 5.02 Å². The van der Waals surface area contributed by atoms with E-state index in [1.165, 1.54) is 30.5 Å². The van der Waals surface area contributed by atoms with Gasteiger partial charge in [0.05, 0.1) is 34.8 Å². The van der Waals surface area contributed by atoms with Crippen molar-refractivity contribution in [2.45, 2.75) is 24.5 Å². The number of carbonyl (C=O) groups is 2. The summed E-state index contributed by atoms with van der Waals surface area (Å²) >= 11 is 6.13. The van der Waals surface area contributed by atoms with Gasteiger partial charge in [-0.1, -0.05) is 23.7 Å². The fourth-order valence-electron chi connectivity index (χ4n) is 4.11. The van der Waals surface area contributed by atoms with Gasteiger partial charge in [-0.05, 0) is 48.7 Å². The first-order valence-corrected chi connectivity index (χ1v) is 11.3. The largest absolute Gasteiger partial charge is 0.484 e. The van der Waals surface area contributed by atoms with Gasteiger partial charge in [0.2, 0.25) is 0 Å². The second kappa shape index (κ2) is 8.81. The van der Waals surface area contributed by atoms with Gasteiger partial charge >= 0.3 is 5.97 Å². The monoisotopic (exact) mass is 499 g/mol. The molecule has 1 aromatic heterocycles. The number of halogens is 3. The lowest BCUT2D eigenvalue weighted by Crippen LogP contribution is -2.55. The summed E-state index contributed by atoms with van der Waals surface area (Å²) in [5, 5.41) is 12.5. The summed E-state index contributed by atoms with van der Waals surface area (Å²) in [7, 11) is 0. The number of amides is 1. The van der Waals surface area contributed by atoms with E-state index in [9.17, 15) is 18.4 Å². The molecular weight excluding hydrogens is 480 g/mol. The molecule has 0 radical (unpaired) electrons. The standard InChI is InChI=1S/C25H20ClF2N3O4/c26-16-9-19(23(32)30-25(7-8-25)15-3-1-14(2-4-15)24(33)34)22(29-11-16)31-12-18(13-31)35-21-6-5-17(27)10-20(21)28/h1-6,9-11,18H,7-8,12-13H2,(H,30,32)(H,33,34). The van der Waals surface area contributed by atoms with Gasteiger partial charge < -0.3 is 20.1 Å². The average Bonchev–Trinajstić information content (AvgIpc) is 3.58. The molecule has 35 heavy (non-hydrogen) atoms. The Kier molecular flexibility index (Phi) is 5.80. The first kappa shape index (κ1) is 23.0. The van der Waals surface area contributed by atoms with Crippen LogP contribution in [0.4, 0.5) is 14.6 Å². The molecular formula is C25H20ClF2N3O4. The van der Waals surface area contributed by atoms with Crippen molar-refractivity contribution < 1.29 is 28.2 Å². The summed E-state index contributed by atoms with van der Waals surface area (Å²) in [6, 6.07) is 11.1. The highest BCUT2D eigenvalue weighted by Crippen LogP contribution is 2.46. The van der Waals surface area contributed by atoms with Gasteiger partial charge in [-0.2, -0.15) is 0 Å². The lowest BCUT2D eigenvalue weighted by molar-refractivity contribution is 0.0696. The van der Waals surface area contributed by atoms with Crippen LogP contribution in [0, 0.1) is 11.6 Å². The summed E-state index contributed by atoms with van der Waals surface area (Å²) in [6.07, 6.45) is 2.53. The molecule has 0 unspecified atom stereocenters. The first-order valence-electron chi connectivity index (χ1n) is 10.9. The van der Waals surface area contributed by atoms with Crippen molar-refractivity contribution >= 4 is 29.3 Å². The minimum atomic E-state index is -1.01. The molecule has 2 aliphatic rings. The van der Waals surface area contributed by atoms with Crippen molar-refractivity contribution in [2.24, 2.45) is 0 Å². The number of pyridine rings is 1. The molecule has 2 heterocycles. The number of benzene rings is 2. The molecule has 2 N–H and O–H groups in total. The number of nitrogens with one attached hydrogen (secondary N) is 1. The zero-order chi connectivity index (χ0) is 24.7. The van der Waals surface area contributed by atoms with Crippen LogP contribution in [0.25, 0.3) is 0 Å². The Balaban J connectivity index is 1.29. The quantitative estimate of drug-likeness (QED) is 0.501. The van der Waals surface area contributed by atoms with Crippen LogP contribution in [-0.4, -0.2) is 41.2 Å². The van der Waals surface area contributed by atoms with Crippen LogP contribution in [0.3, 0.4) is 0 Å². The minimum Gasteiger partial charge on any atom is -0.484 e. The number of nitrogens with zero attached hydrogens (tertiary/aromatic N) is 2. The molecule has 0 spiro atoms. The Labute approximate surface area is 204 Å². The fraction of sp³-hybridized carbons (Fsp3) is 0.240. The number of hydrogen-bond donors (Lipinski definition) is 2. The van der Waals surface area contributed by atoms with E-state index in [-0.39, 0.29) is 28.9 Å². The van der Waals surface area contributed by atoms with E-state index in [2.05, 4.69) is 10.3 Å². The molecule has 180 valence electrons. The Bertz CT molecular complexity index is 1310. The normalized spacial score (nSPS) is 16.4. The molecule has 3 aromatic rings. The van der Waals surface area contributed by atoms with Gasteiger partial charge in [0, 0.05) is 12.3 Å². The summed E-state index contributed by atoms with van der Waals surface area (Å²) in [4.78, 5) is 30.5. The minimum absolute atomic E-state index is 0.0392. The van der Waals surface area contributed by atoms with Gasteiger partial charge in [0.1, 0.15) is 17.7 Å².